The molecule has 94 valence electrons. The first-order chi connectivity index (χ1) is 8.15. The van der Waals surface area contributed by atoms with Gasteiger partial charge in [-0.3, -0.25) is 0 Å². The topological polar surface area (TPSA) is 15.3 Å². The minimum atomic E-state index is -0.150. The van der Waals surface area contributed by atoms with Gasteiger partial charge in [0, 0.05) is 6.54 Å². The minimum absolute atomic E-state index is 0.150. The molecule has 1 aliphatic rings. The number of rotatable bonds is 3. The molecule has 1 saturated heterocycles. The number of piperidine rings is 1. The molecule has 0 amide bonds. The van der Waals surface area contributed by atoms with E-state index in [1.54, 1.807) is 6.07 Å². The van der Waals surface area contributed by atoms with Crippen molar-refractivity contribution in [2.24, 2.45) is 5.92 Å². The van der Waals surface area contributed by atoms with Gasteiger partial charge in [0.1, 0.15) is 5.82 Å². The summed E-state index contributed by atoms with van der Waals surface area (Å²) in [4.78, 5) is 2.35. The first kappa shape index (κ1) is 12.4. The van der Waals surface area contributed by atoms with Gasteiger partial charge < -0.3 is 10.2 Å². The number of nitrogens with one attached hydrogen (secondary N) is 1. The van der Waals surface area contributed by atoms with Crippen LogP contribution >= 0.6 is 0 Å². The Morgan fingerprint density at radius 2 is 2.06 bits per heavy atom. The Bertz CT molecular complexity index is 370. The van der Waals surface area contributed by atoms with Crippen LogP contribution in [0, 0.1) is 18.7 Å². The van der Waals surface area contributed by atoms with Crippen LogP contribution in [-0.2, 0) is 0 Å². The van der Waals surface area contributed by atoms with E-state index in [0.29, 0.717) is 11.6 Å². The van der Waals surface area contributed by atoms with Gasteiger partial charge in [-0.2, -0.15) is 0 Å². The van der Waals surface area contributed by atoms with Gasteiger partial charge in [0.2, 0.25) is 0 Å². The molecule has 2 rings (SSSR count). The molecular weight excluding hydrogens is 215 g/mol. The van der Waals surface area contributed by atoms with Gasteiger partial charge in [-0.25, -0.2) is 4.39 Å². The van der Waals surface area contributed by atoms with E-state index >= 15 is 0 Å². The second-order valence-corrected chi connectivity index (χ2v) is 5.11. The second kappa shape index (κ2) is 5.50. The summed E-state index contributed by atoms with van der Waals surface area (Å²) in [6.07, 6.45) is 2.41. The van der Waals surface area contributed by atoms with Crippen molar-refractivity contribution in [2.45, 2.75) is 19.8 Å². The molecule has 1 aliphatic heterocycles. The number of aryl methyl sites for hydroxylation is 1. The monoisotopic (exact) mass is 236 g/mol. The van der Waals surface area contributed by atoms with Crippen LogP contribution in [0.4, 0.5) is 10.1 Å². The molecule has 1 N–H and O–H groups in total. The van der Waals surface area contributed by atoms with Crippen LogP contribution in [0.3, 0.4) is 0 Å². The zero-order chi connectivity index (χ0) is 12.3. The van der Waals surface area contributed by atoms with E-state index in [1.807, 2.05) is 13.0 Å². The molecule has 3 heteroatoms. The molecule has 0 atom stereocenters. The summed E-state index contributed by atoms with van der Waals surface area (Å²) in [5.41, 5.74) is 1.74. The van der Waals surface area contributed by atoms with Gasteiger partial charge >= 0.3 is 0 Å². The lowest BCUT2D eigenvalue weighted by molar-refractivity contribution is 0.226. The van der Waals surface area contributed by atoms with E-state index in [9.17, 15) is 4.39 Å². The lowest BCUT2D eigenvalue weighted by atomic mass is 9.97. The highest BCUT2D eigenvalue weighted by Crippen LogP contribution is 2.19. The van der Waals surface area contributed by atoms with E-state index < -0.39 is 0 Å². The quantitative estimate of drug-likeness (QED) is 0.868. The average Bonchev–Trinajstić information content (AvgIpc) is 2.32. The average molecular weight is 236 g/mol. The third-order valence-electron chi connectivity index (χ3n) is 3.54. The molecule has 0 unspecified atom stereocenters. The number of nitrogens with zero attached hydrogens (tertiary/aromatic N) is 1. The molecule has 0 saturated carbocycles. The Hall–Kier alpha value is -1.09. The maximum Gasteiger partial charge on any atom is 0.146 e. The molecule has 1 aromatic rings. The summed E-state index contributed by atoms with van der Waals surface area (Å²) < 4.78 is 13.5. The number of benzene rings is 1. The Morgan fingerprint density at radius 1 is 1.35 bits per heavy atom. The van der Waals surface area contributed by atoms with Crippen LogP contribution in [0.5, 0.6) is 0 Å². The van der Waals surface area contributed by atoms with Crippen molar-refractivity contribution in [3.8, 4) is 0 Å². The SMILES string of the molecule is Cc1ccc(F)c(NCC2CCN(C)CC2)c1. The van der Waals surface area contributed by atoms with E-state index in [2.05, 4.69) is 17.3 Å². The lowest BCUT2D eigenvalue weighted by Gasteiger charge is -2.29. The highest BCUT2D eigenvalue weighted by atomic mass is 19.1. The summed E-state index contributed by atoms with van der Waals surface area (Å²) in [7, 11) is 2.16. The molecule has 0 spiro atoms. The van der Waals surface area contributed by atoms with E-state index in [-0.39, 0.29) is 5.82 Å². The van der Waals surface area contributed by atoms with Gasteiger partial charge in [0.15, 0.2) is 0 Å². The largest absolute Gasteiger partial charge is 0.382 e. The van der Waals surface area contributed by atoms with Crippen LogP contribution in [0.1, 0.15) is 18.4 Å². The number of hydrogen-bond donors (Lipinski definition) is 1. The summed E-state index contributed by atoms with van der Waals surface area (Å²) in [6.45, 7) is 5.18. The molecule has 0 radical (unpaired) electrons. The zero-order valence-electron chi connectivity index (χ0n) is 10.7. The smallest absolute Gasteiger partial charge is 0.146 e. The van der Waals surface area contributed by atoms with Crippen LogP contribution in [0.25, 0.3) is 0 Å². The zero-order valence-corrected chi connectivity index (χ0v) is 10.7. The molecule has 1 fully saturated rings. The third-order valence-corrected chi connectivity index (χ3v) is 3.54. The maximum atomic E-state index is 13.5. The predicted molar refractivity (Wildman–Crippen MR) is 69.8 cm³/mol. The van der Waals surface area contributed by atoms with Gasteiger partial charge in [-0.05, 0) is 63.5 Å². The van der Waals surface area contributed by atoms with Crippen molar-refractivity contribution in [1.82, 2.24) is 4.90 Å². The maximum absolute atomic E-state index is 13.5. The fourth-order valence-electron chi connectivity index (χ4n) is 2.30. The minimum Gasteiger partial charge on any atom is -0.382 e. The molecule has 0 aliphatic carbocycles. The molecular formula is C14H21FN2. The van der Waals surface area contributed by atoms with Crippen molar-refractivity contribution in [3.63, 3.8) is 0 Å². The van der Waals surface area contributed by atoms with Crippen LogP contribution in [0.2, 0.25) is 0 Å². The fourth-order valence-corrected chi connectivity index (χ4v) is 2.30. The first-order valence-corrected chi connectivity index (χ1v) is 6.33. The molecule has 1 aromatic carbocycles. The molecule has 17 heavy (non-hydrogen) atoms. The van der Waals surface area contributed by atoms with Crippen molar-refractivity contribution >= 4 is 5.69 Å². The molecule has 0 aromatic heterocycles. The Labute approximate surface area is 103 Å². The number of likely N-dealkylation sites (tertiary alicyclic amines) is 1. The fraction of sp³-hybridized carbons (Fsp3) is 0.571. The van der Waals surface area contributed by atoms with Gasteiger partial charge in [-0.15, -0.1) is 0 Å². The lowest BCUT2D eigenvalue weighted by Crippen LogP contribution is -2.33. The van der Waals surface area contributed by atoms with Gasteiger partial charge in [0.25, 0.3) is 0 Å². The predicted octanol–water partition coefficient (Wildman–Crippen LogP) is 2.89. The standard InChI is InChI=1S/C14H21FN2/c1-11-3-4-13(15)14(9-11)16-10-12-5-7-17(2)8-6-12/h3-4,9,12,16H,5-8,10H2,1-2H3. The highest BCUT2D eigenvalue weighted by molar-refractivity contribution is 5.47. The normalized spacial score (nSPS) is 18.3. The van der Waals surface area contributed by atoms with E-state index in [4.69, 9.17) is 0 Å². The molecule has 0 bridgehead atoms. The third kappa shape index (κ3) is 3.43. The summed E-state index contributed by atoms with van der Waals surface area (Å²) >= 11 is 0. The summed E-state index contributed by atoms with van der Waals surface area (Å²) in [5.74, 6) is 0.523. The van der Waals surface area contributed by atoms with Crippen molar-refractivity contribution in [1.29, 1.82) is 0 Å². The van der Waals surface area contributed by atoms with Crippen molar-refractivity contribution in [2.75, 3.05) is 32.0 Å². The summed E-state index contributed by atoms with van der Waals surface area (Å²) in [6, 6.07) is 5.21. The van der Waals surface area contributed by atoms with Gasteiger partial charge in [-0.1, -0.05) is 6.07 Å². The van der Waals surface area contributed by atoms with Crippen LogP contribution in [-0.4, -0.2) is 31.6 Å². The number of halogens is 1. The van der Waals surface area contributed by atoms with E-state index in [1.165, 1.54) is 18.9 Å². The summed E-state index contributed by atoms with van der Waals surface area (Å²) in [5, 5.41) is 3.24. The Balaban J connectivity index is 1.87. The highest BCUT2D eigenvalue weighted by Gasteiger charge is 2.16. The van der Waals surface area contributed by atoms with Crippen LogP contribution < -0.4 is 5.32 Å². The molecule has 1 heterocycles. The van der Waals surface area contributed by atoms with Gasteiger partial charge in [0.05, 0.1) is 5.69 Å². The first-order valence-electron chi connectivity index (χ1n) is 6.33. The number of hydrogen-bond acceptors (Lipinski definition) is 2. The Kier molecular flexibility index (Phi) is 4.00. The Morgan fingerprint density at radius 3 is 2.76 bits per heavy atom. The van der Waals surface area contributed by atoms with Crippen molar-refractivity contribution in [3.05, 3.63) is 29.6 Å². The van der Waals surface area contributed by atoms with Crippen molar-refractivity contribution < 1.29 is 4.39 Å². The molecule has 2 nitrogen and oxygen atoms in total. The van der Waals surface area contributed by atoms with E-state index in [0.717, 1.165) is 25.2 Å². The number of anilines is 1. The second-order valence-electron chi connectivity index (χ2n) is 5.11. The van der Waals surface area contributed by atoms with Crippen LogP contribution in [0.15, 0.2) is 18.2 Å².